The highest BCUT2D eigenvalue weighted by atomic mass is 16.1. The highest BCUT2D eigenvalue weighted by Crippen LogP contribution is 2.23. The predicted molar refractivity (Wildman–Crippen MR) is 51.4 cm³/mol. The van der Waals surface area contributed by atoms with Crippen molar-refractivity contribution >= 4 is 11.6 Å². The maximum atomic E-state index is 11.4. The van der Waals surface area contributed by atoms with E-state index in [0.29, 0.717) is 5.78 Å². The molecule has 1 aliphatic carbocycles. The minimum Gasteiger partial charge on any atom is -0.299 e. The second-order valence-corrected chi connectivity index (χ2v) is 3.66. The molecule has 1 atom stereocenters. The van der Waals surface area contributed by atoms with E-state index in [9.17, 15) is 9.59 Å². The molecule has 0 saturated heterocycles. The van der Waals surface area contributed by atoms with Crippen molar-refractivity contribution in [1.29, 1.82) is 0 Å². The van der Waals surface area contributed by atoms with Crippen LogP contribution in [0, 0.1) is 5.92 Å². The van der Waals surface area contributed by atoms with Gasteiger partial charge in [0.05, 0.1) is 0 Å². The summed E-state index contributed by atoms with van der Waals surface area (Å²) in [6.45, 7) is 1.53. The molecule has 0 amide bonds. The Labute approximate surface area is 79.0 Å². The molecular formula is C11H16O2. The van der Waals surface area contributed by atoms with Crippen LogP contribution in [0.4, 0.5) is 0 Å². The fourth-order valence-corrected chi connectivity index (χ4v) is 1.70. The first kappa shape index (κ1) is 10.2. The zero-order valence-electron chi connectivity index (χ0n) is 8.08. The van der Waals surface area contributed by atoms with Gasteiger partial charge in [0.2, 0.25) is 0 Å². The van der Waals surface area contributed by atoms with Gasteiger partial charge >= 0.3 is 0 Å². The number of hydrogen-bond donors (Lipinski definition) is 0. The maximum absolute atomic E-state index is 11.4. The molecule has 0 aromatic heterocycles. The van der Waals surface area contributed by atoms with Crippen LogP contribution < -0.4 is 0 Å². The third-order valence-electron chi connectivity index (χ3n) is 2.45. The van der Waals surface area contributed by atoms with Gasteiger partial charge in [0.15, 0.2) is 5.78 Å². The molecule has 0 aromatic carbocycles. The summed E-state index contributed by atoms with van der Waals surface area (Å²) in [7, 11) is 0. The van der Waals surface area contributed by atoms with E-state index in [1.54, 1.807) is 6.08 Å². The van der Waals surface area contributed by atoms with Gasteiger partial charge in [-0.1, -0.05) is 12.5 Å². The lowest BCUT2D eigenvalue weighted by molar-refractivity contribution is -0.124. The summed E-state index contributed by atoms with van der Waals surface area (Å²) >= 11 is 0. The summed E-state index contributed by atoms with van der Waals surface area (Å²) in [5, 5.41) is 0. The number of carbonyl (C=O) groups excluding carboxylic acids is 2. The fourth-order valence-electron chi connectivity index (χ4n) is 1.70. The number of carbonyl (C=O) groups is 2. The molecule has 72 valence electrons. The fraction of sp³-hybridized carbons (Fsp3) is 0.636. The molecule has 1 aliphatic rings. The van der Waals surface area contributed by atoms with Crippen LogP contribution in [0.1, 0.15) is 39.0 Å². The standard InChI is InChI=1S/C11H16O2/c1-9(12)5-4-7-10-6-2-3-8-11(10)13/h4-5,10H,2-3,6-8H2,1H3/b5-4-. The number of Topliss-reactive ketones (excluding diaryl/α,β-unsaturated/α-hetero) is 1. The number of hydrogen-bond acceptors (Lipinski definition) is 2. The van der Waals surface area contributed by atoms with Crippen molar-refractivity contribution in [2.45, 2.75) is 39.0 Å². The first-order valence-electron chi connectivity index (χ1n) is 4.90. The van der Waals surface area contributed by atoms with Crippen LogP contribution in [-0.2, 0) is 9.59 Å². The van der Waals surface area contributed by atoms with Gasteiger partial charge in [-0.2, -0.15) is 0 Å². The molecule has 0 heterocycles. The van der Waals surface area contributed by atoms with E-state index in [1.165, 1.54) is 6.92 Å². The molecule has 1 saturated carbocycles. The first-order chi connectivity index (χ1) is 6.20. The largest absolute Gasteiger partial charge is 0.299 e. The maximum Gasteiger partial charge on any atom is 0.152 e. The summed E-state index contributed by atoms with van der Waals surface area (Å²) in [4.78, 5) is 21.9. The monoisotopic (exact) mass is 180 g/mol. The second kappa shape index (κ2) is 4.95. The topological polar surface area (TPSA) is 34.1 Å². The molecule has 1 rings (SSSR count). The van der Waals surface area contributed by atoms with Crippen molar-refractivity contribution in [3.63, 3.8) is 0 Å². The van der Waals surface area contributed by atoms with Crippen molar-refractivity contribution < 1.29 is 9.59 Å². The third kappa shape index (κ3) is 3.53. The lowest BCUT2D eigenvalue weighted by atomic mass is 9.86. The molecule has 0 radical (unpaired) electrons. The van der Waals surface area contributed by atoms with Gasteiger partial charge in [-0.15, -0.1) is 0 Å². The SMILES string of the molecule is CC(=O)/C=C\CC1CCCCC1=O. The quantitative estimate of drug-likeness (QED) is 0.624. The van der Waals surface area contributed by atoms with Crippen molar-refractivity contribution in [1.82, 2.24) is 0 Å². The molecule has 1 unspecified atom stereocenters. The van der Waals surface area contributed by atoms with Crippen LogP contribution in [0.5, 0.6) is 0 Å². The predicted octanol–water partition coefficient (Wildman–Crippen LogP) is 2.28. The van der Waals surface area contributed by atoms with E-state index in [-0.39, 0.29) is 11.7 Å². The van der Waals surface area contributed by atoms with Gasteiger partial charge in [-0.25, -0.2) is 0 Å². The Morgan fingerprint density at radius 3 is 2.92 bits per heavy atom. The molecule has 0 N–H and O–H groups in total. The Kier molecular flexibility index (Phi) is 3.87. The van der Waals surface area contributed by atoms with E-state index in [1.807, 2.05) is 6.08 Å². The van der Waals surface area contributed by atoms with Gasteiger partial charge in [-0.05, 0) is 32.3 Å². The van der Waals surface area contributed by atoms with Crippen LogP contribution in [0.15, 0.2) is 12.2 Å². The molecule has 0 bridgehead atoms. The van der Waals surface area contributed by atoms with Gasteiger partial charge in [0.25, 0.3) is 0 Å². The summed E-state index contributed by atoms with van der Waals surface area (Å²) in [6, 6.07) is 0. The van der Waals surface area contributed by atoms with Crippen molar-refractivity contribution in [2.75, 3.05) is 0 Å². The molecule has 13 heavy (non-hydrogen) atoms. The lowest BCUT2D eigenvalue weighted by Crippen LogP contribution is -2.18. The lowest BCUT2D eigenvalue weighted by Gasteiger charge is -2.18. The minimum atomic E-state index is 0.0586. The van der Waals surface area contributed by atoms with Crippen LogP contribution in [0.2, 0.25) is 0 Å². The van der Waals surface area contributed by atoms with E-state index in [0.717, 1.165) is 32.1 Å². The van der Waals surface area contributed by atoms with Crippen LogP contribution in [0.3, 0.4) is 0 Å². The average Bonchev–Trinajstić information content (AvgIpc) is 2.08. The van der Waals surface area contributed by atoms with E-state index >= 15 is 0 Å². The molecule has 2 heteroatoms. The normalized spacial score (nSPS) is 23.8. The highest BCUT2D eigenvalue weighted by molar-refractivity contribution is 5.87. The third-order valence-corrected chi connectivity index (χ3v) is 2.45. The Hall–Kier alpha value is -0.920. The van der Waals surface area contributed by atoms with Crippen molar-refractivity contribution in [3.05, 3.63) is 12.2 Å². The summed E-state index contributed by atoms with van der Waals surface area (Å²) in [5.74, 6) is 0.618. The van der Waals surface area contributed by atoms with E-state index in [2.05, 4.69) is 0 Å². The summed E-state index contributed by atoms with van der Waals surface area (Å²) in [5.41, 5.74) is 0. The molecule has 0 aromatic rings. The Balaban J connectivity index is 2.34. The van der Waals surface area contributed by atoms with Crippen LogP contribution >= 0.6 is 0 Å². The van der Waals surface area contributed by atoms with Gasteiger partial charge in [0.1, 0.15) is 5.78 Å². The van der Waals surface area contributed by atoms with Crippen LogP contribution in [-0.4, -0.2) is 11.6 Å². The molecule has 0 aliphatic heterocycles. The molecule has 2 nitrogen and oxygen atoms in total. The Morgan fingerprint density at radius 2 is 2.31 bits per heavy atom. The van der Waals surface area contributed by atoms with Crippen LogP contribution in [0.25, 0.3) is 0 Å². The second-order valence-electron chi connectivity index (χ2n) is 3.66. The number of allylic oxidation sites excluding steroid dienone is 2. The Morgan fingerprint density at radius 1 is 1.54 bits per heavy atom. The summed E-state index contributed by atoms with van der Waals surface area (Å²) in [6.07, 6.45) is 8.08. The highest BCUT2D eigenvalue weighted by Gasteiger charge is 2.20. The smallest absolute Gasteiger partial charge is 0.152 e. The summed E-state index contributed by atoms with van der Waals surface area (Å²) < 4.78 is 0. The minimum absolute atomic E-state index is 0.0586. The van der Waals surface area contributed by atoms with Gasteiger partial charge in [-0.3, -0.25) is 9.59 Å². The number of rotatable bonds is 3. The molecule has 0 spiro atoms. The zero-order valence-corrected chi connectivity index (χ0v) is 8.08. The van der Waals surface area contributed by atoms with Crippen molar-refractivity contribution in [3.8, 4) is 0 Å². The van der Waals surface area contributed by atoms with E-state index in [4.69, 9.17) is 0 Å². The first-order valence-corrected chi connectivity index (χ1v) is 4.90. The molecule has 1 fully saturated rings. The van der Waals surface area contributed by atoms with Gasteiger partial charge < -0.3 is 0 Å². The Bertz CT molecular complexity index is 228. The molecular weight excluding hydrogens is 164 g/mol. The average molecular weight is 180 g/mol. The number of ketones is 2. The zero-order chi connectivity index (χ0) is 9.68. The van der Waals surface area contributed by atoms with Crippen molar-refractivity contribution in [2.24, 2.45) is 5.92 Å². The van der Waals surface area contributed by atoms with E-state index < -0.39 is 0 Å². The van der Waals surface area contributed by atoms with Gasteiger partial charge in [0, 0.05) is 12.3 Å².